The largest absolute Gasteiger partial charge is 0.348 e. The Hall–Kier alpha value is -1.38. The Morgan fingerprint density at radius 1 is 1.62 bits per heavy atom. The van der Waals surface area contributed by atoms with E-state index in [0.717, 1.165) is 6.42 Å². The lowest BCUT2D eigenvalue weighted by molar-refractivity contribution is 0.0934. The molecule has 1 heterocycles. The number of amides is 1. The third kappa shape index (κ3) is 2.86. The lowest BCUT2D eigenvalue weighted by Gasteiger charge is -2.10. The van der Waals surface area contributed by atoms with Crippen LogP contribution < -0.4 is 5.32 Å². The first-order valence-corrected chi connectivity index (χ1v) is 4.46. The molecular weight excluding hydrogens is 164 g/mol. The number of nitrogens with one attached hydrogen (secondary N) is 1. The van der Waals surface area contributed by atoms with Gasteiger partial charge in [0.05, 0.1) is 0 Å². The van der Waals surface area contributed by atoms with Crippen molar-refractivity contribution in [1.29, 1.82) is 0 Å². The summed E-state index contributed by atoms with van der Waals surface area (Å²) >= 11 is 0. The van der Waals surface area contributed by atoms with Crippen LogP contribution in [0.15, 0.2) is 24.4 Å². The molecule has 1 aromatic heterocycles. The second-order valence-corrected chi connectivity index (χ2v) is 3.00. The second-order valence-electron chi connectivity index (χ2n) is 3.00. The SMILES string of the molecule is CC[C@@H](C)NC(=O)c1ccccn1. The highest BCUT2D eigenvalue weighted by Gasteiger charge is 2.07. The minimum Gasteiger partial charge on any atom is -0.348 e. The fourth-order valence-electron chi connectivity index (χ4n) is 0.897. The summed E-state index contributed by atoms with van der Waals surface area (Å²) < 4.78 is 0. The van der Waals surface area contributed by atoms with Gasteiger partial charge in [0, 0.05) is 12.2 Å². The molecule has 1 aromatic rings. The molecule has 13 heavy (non-hydrogen) atoms. The molecule has 1 N–H and O–H groups in total. The molecular formula is C10H14N2O. The summed E-state index contributed by atoms with van der Waals surface area (Å²) in [6.45, 7) is 4.00. The van der Waals surface area contributed by atoms with E-state index >= 15 is 0 Å². The smallest absolute Gasteiger partial charge is 0.270 e. The van der Waals surface area contributed by atoms with E-state index in [1.165, 1.54) is 0 Å². The van der Waals surface area contributed by atoms with Gasteiger partial charge in [-0.25, -0.2) is 0 Å². The van der Waals surface area contributed by atoms with Gasteiger partial charge >= 0.3 is 0 Å². The Balaban J connectivity index is 2.59. The lowest BCUT2D eigenvalue weighted by atomic mass is 10.2. The number of pyridine rings is 1. The van der Waals surface area contributed by atoms with Gasteiger partial charge in [-0.05, 0) is 25.5 Å². The van der Waals surface area contributed by atoms with E-state index in [0.29, 0.717) is 5.69 Å². The van der Waals surface area contributed by atoms with E-state index in [1.807, 2.05) is 13.8 Å². The zero-order valence-corrected chi connectivity index (χ0v) is 7.95. The fraction of sp³-hybridized carbons (Fsp3) is 0.400. The van der Waals surface area contributed by atoms with Gasteiger partial charge < -0.3 is 5.32 Å². The summed E-state index contributed by atoms with van der Waals surface area (Å²) in [4.78, 5) is 15.4. The van der Waals surface area contributed by atoms with Gasteiger partial charge in [0.15, 0.2) is 0 Å². The molecule has 70 valence electrons. The molecule has 0 spiro atoms. The van der Waals surface area contributed by atoms with Crippen LogP contribution in [0.25, 0.3) is 0 Å². The number of rotatable bonds is 3. The van der Waals surface area contributed by atoms with Crippen LogP contribution in [0.2, 0.25) is 0 Å². The number of hydrogen-bond acceptors (Lipinski definition) is 2. The van der Waals surface area contributed by atoms with Crippen molar-refractivity contribution >= 4 is 5.91 Å². The molecule has 1 atom stereocenters. The van der Waals surface area contributed by atoms with E-state index in [-0.39, 0.29) is 11.9 Å². The van der Waals surface area contributed by atoms with Gasteiger partial charge in [0.1, 0.15) is 5.69 Å². The Bertz CT molecular complexity index is 272. The Morgan fingerprint density at radius 3 is 2.92 bits per heavy atom. The molecule has 3 heteroatoms. The van der Waals surface area contributed by atoms with Crippen LogP contribution in [0.5, 0.6) is 0 Å². The average Bonchev–Trinajstić information content (AvgIpc) is 2.19. The predicted octanol–water partition coefficient (Wildman–Crippen LogP) is 1.61. The second kappa shape index (κ2) is 4.60. The number of carbonyl (C=O) groups is 1. The number of carbonyl (C=O) groups excluding carboxylic acids is 1. The normalized spacial score (nSPS) is 12.2. The first-order chi connectivity index (χ1) is 6.24. The van der Waals surface area contributed by atoms with Crippen molar-refractivity contribution in [3.63, 3.8) is 0 Å². The minimum atomic E-state index is -0.102. The van der Waals surface area contributed by atoms with Crippen molar-refractivity contribution in [3.05, 3.63) is 30.1 Å². The summed E-state index contributed by atoms with van der Waals surface area (Å²) in [5, 5.41) is 2.84. The highest BCUT2D eigenvalue weighted by atomic mass is 16.1. The molecule has 0 unspecified atom stereocenters. The highest BCUT2D eigenvalue weighted by molar-refractivity contribution is 5.92. The van der Waals surface area contributed by atoms with Gasteiger partial charge in [-0.15, -0.1) is 0 Å². The first kappa shape index (κ1) is 9.71. The molecule has 0 radical (unpaired) electrons. The first-order valence-electron chi connectivity index (χ1n) is 4.46. The van der Waals surface area contributed by atoms with Crippen molar-refractivity contribution in [2.75, 3.05) is 0 Å². The maximum atomic E-state index is 11.4. The maximum absolute atomic E-state index is 11.4. The molecule has 0 bridgehead atoms. The lowest BCUT2D eigenvalue weighted by Crippen LogP contribution is -2.32. The summed E-state index contributed by atoms with van der Waals surface area (Å²) in [5.74, 6) is -0.102. The van der Waals surface area contributed by atoms with Crippen molar-refractivity contribution in [1.82, 2.24) is 10.3 Å². The van der Waals surface area contributed by atoms with Crippen LogP contribution in [0.1, 0.15) is 30.8 Å². The van der Waals surface area contributed by atoms with E-state index < -0.39 is 0 Å². The monoisotopic (exact) mass is 178 g/mol. The minimum absolute atomic E-state index is 0.102. The topological polar surface area (TPSA) is 42.0 Å². The van der Waals surface area contributed by atoms with Crippen LogP contribution in [0, 0.1) is 0 Å². The molecule has 0 saturated carbocycles. The molecule has 0 aromatic carbocycles. The maximum Gasteiger partial charge on any atom is 0.270 e. The zero-order valence-electron chi connectivity index (χ0n) is 7.95. The highest BCUT2D eigenvalue weighted by Crippen LogP contribution is 1.95. The van der Waals surface area contributed by atoms with Gasteiger partial charge in [-0.3, -0.25) is 9.78 Å². The molecule has 0 aliphatic carbocycles. The van der Waals surface area contributed by atoms with Crippen LogP contribution in [0.3, 0.4) is 0 Å². The van der Waals surface area contributed by atoms with Crippen molar-refractivity contribution < 1.29 is 4.79 Å². The molecule has 0 fully saturated rings. The third-order valence-corrected chi connectivity index (χ3v) is 1.89. The molecule has 3 nitrogen and oxygen atoms in total. The van der Waals surface area contributed by atoms with E-state index in [1.54, 1.807) is 24.4 Å². The fourth-order valence-corrected chi connectivity index (χ4v) is 0.897. The predicted molar refractivity (Wildman–Crippen MR) is 51.5 cm³/mol. The number of nitrogens with zero attached hydrogens (tertiary/aromatic N) is 1. The standard InChI is InChI=1S/C10H14N2O/c1-3-8(2)12-10(13)9-6-4-5-7-11-9/h4-8H,3H2,1-2H3,(H,12,13)/t8-/m1/s1. The quantitative estimate of drug-likeness (QED) is 0.764. The van der Waals surface area contributed by atoms with E-state index in [2.05, 4.69) is 10.3 Å². The van der Waals surface area contributed by atoms with Crippen LogP contribution >= 0.6 is 0 Å². The third-order valence-electron chi connectivity index (χ3n) is 1.89. The summed E-state index contributed by atoms with van der Waals surface area (Å²) in [7, 11) is 0. The van der Waals surface area contributed by atoms with Crippen LogP contribution in [-0.4, -0.2) is 16.9 Å². The zero-order chi connectivity index (χ0) is 9.68. The molecule has 0 saturated heterocycles. The van der Waals surface area contributed by atoms with Crippen molar-refractivity contribution in [2.45, 2.75) is 26.3 Å². The van der Waals surface area contributed by atoms with Gasteiger partial charge in [0.25, 0.3) is 5.91 Å². The number of hydrogen-bond donors (Lipinski definition) is 1. The van der Waals surface area contributed by atoms with Crippen molar-refractivity contribution in [3.8, 4) is 0 Å². The van der Waals surface area contributed by atoms with Crippen LogP contribution in [-0.2, 0) is 0 Å². The molecule has 0 aliphatic heterocycles. The van der Waals surface area contributed by atoms with E-state index in [9.17, 15) is 4.79 Å². The number of aromatic nitrogens is 1. The Labute approximate surface area is 78.2 Å². The molecule has 1 rings (SSSR count). The molecule has 1 amide bonds. The van der Waals surface area contributed by atoms with Gasteiger partial charge in [-0.1, -0.05) is 13.0 Å². The summed E-state index contributed by atoms with van der Waals surface area (Å²) in [5.41, 5.74) is 0.475. The van der Waals surface area contributed by atoms with Gasteiger partial charge in [0.2, 0.25) is 0 Å². The Kier molecular flexibility index (Phi) is 3.43. The Morgan fingerprint density at radius 2 is 2.38 bits per heavy atom. The van der Waals surface area contributed by atoms with Crippen LogP contribution in [0.4, 0.5) is 0 Å². The van der Waals surface area contributed by atoms with Crippen molar-refractivity contribution in [2.24, 2.45) is 0 Å². The average molecular weight is 178 g/mol. The van der Waals surface area contributed by atoms with Gasteiger partial charge in [-0.2, -0.15) is 0 Å². The summed E-state index contributed by atoms with van der Waals surface area (Å²) in [6, 6.07) is 5.51. The van der Waals surface area contributed by atoms with E-state index in [4.69, 9.17) is 0 Å². The summed E-state index contributed by atoms with van der Waals surface area (Å²) in [6.07, 6.45) is 2.55. The molecule has 0 aliphatic rings.